The van der Waals surface area contributed by atoms with Crippen molar-refractivity contribution in [2.24, 2.45) is 16.7 Å². The van der Waals surface area contributed by atoms with Crippen molar-refractivity contribution in [3.05, 3.63) is 23.8 Å². The molecule has 1 heterocycles. The molecule has 0 spiro atoms. The van der Waals surface area contributed by atoms with Crippen molar-refractivity contribution in [1.82, 2.24) is 4.90 Å². The average molecular weight is 402 g/mol. The second-order valence-electron chi connectivity index (χ2n) is 8.87. The van der Waals surface area contributed by atoms with Crippen molar-refractivity contribution >= 4 is 18.2 Å². The summed E-state index contributed by atoms with van der Waals surface area (Å²) in [5.41, 5.74) is 0.393. The number of carbonyl (C=O) groups is 3. The number of methoxy groups -OCH3 is 1. The van der Waals surface area contributed by atoms with E-state index in [1.807, 2.05) is 17.0 Å². The van der Waals surface area contributed by atoms with E-state index in [9.17, 15) is 14.4 Å². The molecule has 6 heteroatoms. The second-order valence-corrected chi connectivity index (χ2v) is 8.87. The molecule has 1 saturated carbocycles. The van der Waals surface area contributed by atoms with Crippen molar-refractivity contribution in [2.75, 3.05) is 20.2 Å². The van der Waals surface area contributed by atoms with Gasteiger partial charge in [0.15, 0.2) is 11.5 Å². The molecule has 2 bridgehead atoms. The third-order valence-corrected chi connectivity index (χ3v) is 6.86. The zero-order valence-electron chi connectivity index (χ0n) is 17.8. The molecule has 1 saturated heterocycles. The quantitative estimate of drug-likeness (QED) is 0.415. The molecule has 158 valence electrons. The number of amides is 1. The number of aryl methyl sites for hydroxylation is 1. The number of rotatable bonds is 6. The lowest BCUT2D eigenvalue weighted by Crippen LogP contribution is -2.62. The van der Waals surface area contributed by atoms with Gasteiger partial charge in [-0.3, -0.25) is 9.59 Å². The Morgan fingerprint density at radius 2 is 2.00 bits per heavy atom. The Hall–Kier alpha value is -2.37. The summed E-state index contributed by atoms with van der Waals surface area (Å²) in [5.74, 6) is 0.830. The zero-order valence-corrected chi connectivity index (χ0v) is 17.8. The lowest BCUT2D eigenvalue weighted by atomic mass is 9.51. The average Bonchev–Trinajstić information content (AvgIpc) is 2.65. The van der Waals surface area contributed by atoms with Crippen LogP contribution in [0.15, 0.2) is 18.2 Å². The Kier molecular flexibility index (Phi) is 6.01. The van der Waals surface area contributed by atoms with Gasteiger partial charge in [0.05, 0.1) is 7.11 Å². The molecule has 0 N–H and O–H groups in total. The number of likely N-dealkylation sites (tertiary alicyclic amines) is 1. The summed E-state index contributed by atoms with van der Waals surface area (Å²) in [6, 6.07) is 5.55. The largest absolute Gasteiger partial charge is 0.493 e. The Balaban J connectivity index is 1.87. The third kappa shape index (κ3) is 4.02. The fourth-order valence-corrected chi connectivity index (χ4v) is 5.65. The number of benzene rings is 1. The topological polar surface area (TPSA) is 72.9 Å². The fourth-order valence-electron chi connectivity index (χ4n) is 5.65. The summed E-state index contributed by atoms with van der Waals surface area (Å²) < 4.78 is 10.8. The Bertz CT molecular complexity index is 806. The summed E-state index contributed by atoms with van der Waals surface area (Å²) in [6.45, 7) is 6.38. The van der Waals surface area contributed by atoms with Crippen molar-refractivity contribution in [2.45, 2.75) is 52.9 Å². The summed E-state index contributed by atoms with van der Waals surface area (Å²) in [4.78, 5) is 37.6. The van der Waals surface area contributed by atoms with Crippen molar-refractivity contribution in [3.63, 3.8) is 0 Å². The number of hydrogen-bond donors (Lipinski definition) is 0. The minimum Gasteiger partial charge on any atom is -0.493 e. The van der Waals surface area contributed by atoms with E-state index < -0.39 is 5.41 Å². The summed E-state index contributed by atoms with van der Waals surface area (Å²) >= 11 is 0. The molecule has 6 nitrogen and oxygen atoms in total. The van der Waals surface area contributed by atoms with Gasteiger partial charge in [0.2, 0.25) is 5.91 Å². The van der Waals surface area contributed by atoms with Crippen LogP contribution in [0.1, 0.15) is 52.0 Å². The van der Waals surface area contributed by atoms with Gasteiger partial charge in [-0.2, -0.15) is 0 Å². The number of carbonyl (C=O) groups excluding carboxylic acids is 3. The molecule has 3 rings (SSSR count). The minimum atomic E-state index is -0.488. The van der Waals surface area contributed by atoms with E-state index in [1.165, 1.54) is 6.92 Å². The van der Waals surface area contributed by atoms with E-state index in [4.69, 9.17) is 9.47 Å². The first-order valence-corrected chi connectivity index (χ1v) is 10.3. The molecular formula is C23H31NO5. The van der Waals surface area contributed by atoms with Gasteiger partial charge in [0, 0.05) is 32.4 Å². The molecule has 0 unspecified atom stereocenters. The molecule has 1 aromatic carbocycles. The molecule has 29 heavy (non-hydrogen) atoms. The first-order valence-electron chi connectivity index (χ1n) is 10.3. The van der Waals surface area contributed by atoms with E-state index in [0.717, 1.165) is 37.5 Å². The van der Waals surface area contributed by atoms with Gasteiger partial charge < -0.3 is 19.2 Å². The SMILES string of the molecule is COc1c(CC[C@@H]2[C@@]3(C)CCC[C@]2(C=O)CN(C(C)=O)C3)cccc1OC(C)=O. The van der Waals surface area contributed by atoms with Crippen LogP contribution in [-0.4, -0.2) is 43.3 Å². The van der Waals surface area contributed by atoms with Gasteiger partial charge in [-0.05, 0) is 48.6 Å². The Morgan fingerprint density at radius 3 is 2.62 bits per heavy atom. The number of fused-ring (bicyclic) bond motifs is 2. The molecule has 1 aliphatic carbocycles. The monoisotopic (exact) mass is 401 g/mol. The fraction of sp³-hybridized carbons (Fsp3) is 0.609. The van der Waals surface area contributed by atoms with Crippen molar-refractivity contribution in [3.8, 4) is 11.5 Å². The Labute approximate surface area is 172 Å². The summed E-state index contributed by atoms with van der Waals surface area (Å²) in [6.07, 6.45) is 5.50. The molecule has 1 aliphatic heterocycles. The van der Waals surface area contributed by atoms with Crippen LogP contribution < -0.4 is 9.47 Å². The number of nitrogens with zero attached hydrogens (tertiary/aromatic N) is 1. The van der Waals surface area contributed by atoms with Gasteiger partial charge in [-0.1, -0.05) is 25.5 Å². The molecule has 0 radical (unpaired) electrons. The van der Waals surface area contributed by atoms with Crippen LogP contribution in [-0.2, 0) is 20.8 Å². The van der Waals surface area contributed by atoms with Crippen molar-refractivity contribution < 1.29 is 23.9 Å². The lowest BCUT2D eigenvalue weighted by molar-refractivity contribution is -0.156. The van der Waals surface area contributed by atoms with Gasteiger partial charge in [-0.15, -0.1) is 0 Å². The van der Waals surface area contributed by atoms with E-state index in [2.05, 4.69) is 6.92 Å². The molecule has 0 aromatic heterocycles. The molecule has 1 aromatic rings. The van der Waals surface area contributed by atoms with Crippen LogP contribution in [0.3, 0.4) is 0 Å². The number of piperidine rings is 1. The van der Waals surface area contributed by atoms with Gasteiger partial charge >= 0.3 is 5.97 Å². The second kappa shape index (κ2) is 8.17. The first-order chi connectivity index (χ1) is 13.7. The highest BCUT2D eigenvalue weighted by Gasteiger charge is 2.56. The maximum Gasteiger partial charge on any atom is 0.308 e. The van der Waals surface area contributed by atoms with Crippen molar-refractivity contribution in [1.29, 1.82) is 0 Å². The first kappa shape index (κ1) is 21.3. The third-order valence-electron chi connectivity index (χ3n) is 6.86. The molecule has 2 fully saturated rings. The lowest BCUT2D eigenvalue weighted by Gasteiger charge is -2.58. The summed E-state index contributed by atoms with van der Waals surface area (Å²) in [7, 11) is 1.57. The normalized spacial score (nSPS) is 28.6. The van der Waals surface area contributed by atoms with Gasteiger partial charge in [-0.25, -0.2) is 0 Å². The van der Waals surface area contributed by atoms with Gasteiger partial charge in [0.1, 0.15) is 6.29 Å². The minimum absolute atomic E-state index is 0.0403. The van der Waals surface area contributed by atoms with Crippen LogP contribution in [0.4, 0.5) is 0 Å². The zero-order chi connectivity index (χ0) is 21.2. The highest BCUT2D eigenvalue weighted by molar-refractivity contribution is 5.75. The molecule has 2 aliphatic rings. The van der Waals surface area contributed by atoms with Crippen LogP contribution in [0.5, 0.6) is 11.5 Å². The number of hydrogen-bond acceptors (Lipinski definition) is 5. The smallest absolute Gasteiger partial charge is 0.308 e. The van der Waals surface area contributed by atoms with Crippen LogP contribution in [0, 0.1) is 16.7 Å². The number of ether oxygens (including phenoxy) is 2. The number of esters is 1. The van der Waals surface area contributed by atoms with E-state index in [1.54, 1.807) is 20.1 Å². The maximum atomic E-state index is 12.3. The van der Waals surface area contributed by atoms with E-state index in [0.29, 0.717) is 31.0 Å². The van der Waals surface area contributed by atoms with Crippen LogP contribution in [0.25, 0.3) is 0 Å². The van der Waals surface area contributed by atoms with E-state index in [-0.39, 0.29) is 23.2 Å². The maximum absolute atomic E-state index is 12.3. The predicted molar refractivity (Wildman–Crippen MR) is 109 cm³/mol. The summed E-state index contributed by atoms with van der Waals surface area (Å²) in [5, 5.41) is 0. The highest BCUT2D eigenvalue weighted by Crippen LogP contribution is 2.56. The van der Waals surface area contributed by atoms with Gasteiger partial charge in [0.25, 0.3) is 0 Å². The Morgan fingerprint density at radius 1 is 1.24 bits per heavy atom. The highest BCUT2D eigenvalue weighted by atomic mass is 16.6. The molecule has 3 atom stereocenters. The predicted octanol–water partition coefficient (Wildman–Crippen LogP) is 3.41. The standard InChI is InChI=1S/C23H31NO5/c1-16(26)24-13-22(3)11-6-12-23(14-24,15-25)20(22)10-9-18-7-5-8-19(21(18)28-4)29-17(2)27/h5,7-8,15,20H,6,9-14H2,1-4H3/t20-,22+,23-/m1/s1. The number of para-hydroxylation sites is 1. The number of aldehydes is 1. The van der Waals surface area contributed by atoms with Crippen LogP contribution in [0.2, 0.25) is 0 Å². The van der Waals surface area contributed by atoms with Crippen LogP contribution >= 0.6 is 0 Å². The molecular weight excluding hydrogens is 370 g/mol. The van der Waals surface area contributed by atoms with E-state index >= 15 is 0 Å². The molecule has 1 amide bonds.